The van der Waals surface area contributed by atoms with Crippen molar-refractivity contribution >= 4 is 34.2 Å². The molecule has 0 saturated carbocycles. The fourth-order valence-electron chi connectivity index (χ4n) is 4.72. The van der Waals surface area contributed by atoms with E-state index in [9.17, 15) is 9.59 Å². The first kappa shape index (κ1) is 21.0. The van der Waals surface area contributed by atoms with Crippen LogP contribution in [0.1, 0.15) is 20.2 Å². The zero-order valence-corrected chi connectivity index (χ0v) is 19.4. The number of rotatable bonds is 4. The Balaban J connectivity index is 1.04. The molecule has 2 aromatic heterocycles. The number of thiazole rings is 1. The molecule has 34 heavy (non-hydrogen) atoms. The lowest BCUT2D eigenvalue weighted by Gasteiger charge is -2.47. The van der Waals surface area contributed by atoms with Crippen LogP contribution < -0.4 is 0 Å². The van der Waals surface area contributed by atoms with Crippen molar-refractivity contribution in [1.82, 2.24) is 29.2 Å². The van der Waals surface area contributed by atoms with Gasteiger partial charge in [-0.05, 0) is 36.4 Å². The normalized spacial score (nSPS) is 17.2. The van der Waals surface area contributed by atoms with Crippen LogP contribution in [-0.2, 0) is 0 Å². The summed E-state index contributed by atoms with van der Waals surface area (Å²) in [7, 11) is 0. The van der Waals surface area contributed by atoms with E-state index in [0.29, 0.717) is 29.7 Å². The Kier molecular flexibility index (Phi) is 5.35. The molecule has 0 N–H and O–H groups in total. The molecule has 0 unspecified atom stereocenters. The number of likely N-dealkylation sites (tertiary alicyclic amines) is 1. The third-order valence-corrected chi connectivity index (χ3v) is 7.49. The van der Waals surface area contributed by atoms with Gasteiger partial charge in [-0.25, -0.2) is 9.97 Å². The topological polar surface area (TPSA) is 74.6 Å². The molecule has 2 saturated heterocycles. The van der Waals surface area contributed by atoms with Gasteiger partial charge in [-0.15, -0.1) is 11.3 Å². The molecule has 0 bridgehead atoms. The molecule has 2 aromatic carbocycles. The summed E-state index contributed by atoms with van der Waals surface area (Å²) >= 11 is 1.38. The quantitative estimate of drug-likeness (QED) is 0.457. The Labute approximate surface area is 201 Å². The van der Waals surface area contributed by atoms with Crippen LogP contribution >= 0.6 is 11.3 Å². The maximum Gasteiger partial charge on any atom is 0.282 e. The van der Waals surface area contributed by atoms with Crippen molar-refractivity contribution in [3.63, 3.8) is 0 Å². The van der Waals surface area contributed by atoms with Crippen LogP contribution in [-0.4, -0.2) is 86.4 Å². The molecule has 4 heterocycles. The van der Waals surface area contributed by atoms with Gasteiger partial charge in [0.1, 0.15) is 6.33 Å². The Hall–Kier alpha value is -3.56. The second-order valence-electron chi connectivity index (χ2n) is 8.68. The van der Waals surface area contributed by atoms with Crippen molar-refractivity contribution < 1.29 is 9.59 Å². The fraction of sp³-hybridized carbons (Fsp3) is 0.280. The van der Waals surface area contributed by atoms with Gasteiger partial charge in [0.05, 0.1) is 11.0 Å². The maximum atomic E-state index is 13.1. The Morgan fingerprint density at radius 1 is 0.853 bits per heavy atom. The van der Waals surface area contributed by atoms with E-state index in [1.807, 2.05) is 74.6 Å². The van der Waals surface area contributed by atoms with Gasteiger partial charge in [0.15, 0.2) is 5.01 Å². The van der Waals surface area contributed by atoms with E-state index in [1.165, 1.54) is 11.3 Å². The number of benzene rings is 2. The number of imidazole rings is 1. The largest absolute Gasteiger partial charge is 0.336 e. The van der Waals surface area contributed by atoms with E-state index in [-0.39, 0.29) is 11.8 Å². The minimum Gasteiger partial charge on any atom is -0.336 e. The first-order valence-corrected chi connectivity index (χ1v) is 12.3. The summed E-state index contributed by atoms with van der Waals surface area (Å²) in [5.41, 5.74) is 3.67. The molecule has 0 radical (unpaired) electrons. The van der Waals surface area contributed by atoms with E-state index >= 15 is 0 Å². The highest BCUT2D eigenvalue weighted by Gasteiger charge is 2.37. The number of piperazine rings is 1. The number of fused-ring (bicyclic) bond motifs is 1. The molecule has 9 heteroatoms. The molecule has 4 aromatic rings. The predicted molar refractivity (Wildman–Crippen MR) is 130 cm³/mol. The zero-order valence-electron chi connectivity index (χ0n) is 18.6. The molecule has 0 atom stereocenters. The van der Waals surface area contributed by atoms with E-state index in [4.69, 9.17) is 0 Å². The van der Waals surface area contributed by atoms with Gasteiger partial charge in [-0.1, -0.05) is 12.1 Å². The van der Waals surface area contributed by atoms with Crippen molar-refractivity contribution in [2.24, 2.45) is 0 Å². The van der Waals surface area contributed by atoms with Crippen LogP contribution in [0.2, 0.25) is 0 Å². The second-order valence-corrected chi connectivity index (χ2v) is 9.57. The fourth-order valence-corrected chi connectivity index (χ4v) is 5.32. The van der Waals surface area contributed by atoms with E-state index in [0.717, 1.165) is 42.9 Å². The van der Waals surface area contributed by atoms with Crippen LogP contribution in [0.3, 0.4) is 0 Å². The molecule has 2 amide bonds. The summed E-state index contributed by atoms with van der Waals surface area (Å²) in [4.78, 5) is 40.2. The van der Waals surface area contributed by atoms with Crippen molar-refractivity contribution in [3.05, 3.63) is 77.0 Å². The first-order valence-electron chi connectivity index (χ1n) is 11.4. The highest BCUT2D eigenvalue weighted by molar-refractivity contribution is 7.11. The minimum absolute atomic E-state index is 0.0206. The molecule has 6 rings (SSSR count). The minimum atomic E-state index is 0.0206. The molecular weight excluding hydrogens is 448 g/mol. The predicted octanol–water partition coefficient (Wildman–Crippen LogP) is 2.76. The highest BCUT2D eigenvalue weighted by Crippen LogP contribution is 2.22. The summed E-state index contributed by atoms with van der Waals surface area (Å²) in [6, 6.07) is 16.1. The van der Waals surface area contributed by atoms with Crippen LogP contribution in [0.4, 0.5) is 0 Å². The third-order valence-electron chi connectivity index (χ3n) is 6.73. The average molecular weight is 473 g/mol. The van der Waals surface area contributed by atoms with Gasteiger partial charge in [0.25, 0.3) is 11.8 Å². The molecular formula is C25H24N6O2S. The average Bonchev–Trinajstić information content (AvgIpc) is 3.54. The highest BCUT2D eigenvalue weighted by atomic mass is 32.1. The van der Waals surface area contributed by atoms with Crippen LogP contribution in [0, 0.1) is 0 Å². The Bertz CT molecular complexity index is 1320. The van der Waals surface area contributed by atoms with Crippen molar-refractivity contribution in [3.8, 4) is 5.69 Å². The summed E-state index contributed by atoms with van der Waals surface area (Å²) in [6.07, 6.45) is 3.48. The zero-order chi connectivity index (χ0) is 23.1. The summed E-state index contributed by atoms with van der Waals surface area (Å²) in [6.45, 7) is 4.52. The lowest BCUT2D eigenvalue weighted by atomic mass is 10.1. The number of amides is 2. The van der Waals surface area contributed by atoms with E-state index in [2.05, 4.69) is 14.9 Å². The number of aromatic nitrogens is 3. The number of hydrogen-bond acceptors (Lipinski definition) is 6. The van der Waals surface area contributed by atoms with Gasteiger partial charge >= 0.3 is 0 Å². The summed E-state index contributed by atoms with van der Waals surface area (Å²) in [5.74, 6) is 0.0862. The molecule has 2 aliphatic rings. The molecule has 0 spiro atoms. The van der Waals surface area contributed by atoms with Crippen molar-refractivity contribution in [2.45, 2.75) is 6.04 Å². The van der Waals surface area contributed by atoms with Crippen LogP contribution in [0.5, 0.6) is 0 Å². The second kappa shape index (κ2) is 8.66. The van der Waals surface area contributed by atoms with Gasteiger partial charge in [0, 0.05) is 68.1 Å². The Morgan fingerprint density at radius 2 is 1.62 bits per heavy atom. The first-order chi connectivity index (χ1) is 16.7. The number of para-hydroxylation sites is 2. The van der Waals surface area contributed by atoms with Gasteiger partial charge < -0.3 is 9.80 Å². The van der Waals surface area contributed by atoms with Gasteiger partial charge in [0.2, 0.25) is 0 Å². The molecule has 2 aliphatic heterocycles. The number of nitrogens with zero attached hydrogens (tertiary/aromatic N) is 6. The summed E-state index contributed by atoms with van der Waals surface area (Å²) < 4.78 is 2.03. The number of hydrogen-bond donors (Lipinski definition) is 0. The monoisotopic (exact) mass is 472 g/mol. The van der Waals surface area contributed by atoms with Gasteiger partial charge in [-0.2, -0.15) is 0 Å². The van der Waals surface area contributed by atoms with Crippen molar-refractivity contribution in [2.75, 3.05) is 39.3 Å². The Morgan fingerprint density at radius 3 is 2.35 bits per heavy atom. The molecule has 2 fully saturated rings. The van der Waals surface area contributed by atoms with Gasteiger partial charge in [-0.3, -0.25) is 19.1 Å². The van der Waals surface area contributed by atoms with Crippen LogP contribution in [0.15, 0.2) is 66.4 Å². The molecule has 8 nitrogen and oxygen atoms in total. The smallest absolute Gasteiger partial charge is 0.282 e. The maximum absolute atomic E-state index is 13.1. The van der Waals surface area contributed by atoms with Crippen LogP contribution in [0.25, 0.3) is 16.7 Å². The molecule has 172 valence electrons. The van der Waals surface area contributed by atoms with E-state index < -0.39 is 0 Å². The lowest BCUT2D eigenvalue weighted by Crippen LogP contribution is -2.64. The molecule has 0 aliphatic carbocycles. The van der Waals surface area contributed by atoms with Crippen molar-refractivity contribution in [1.29, 1.82) is 0 Å². The third kappa shape index (κ3) is 3.76. The summed E-state index contributed by atoms with van der Waals surface area (Å²) in [5, 5.41) is 2.38. The standard InChI is InChI=1S/C25H24N6O2S/c32-24(18-5-7-19(8-6-18)31-17-27-21-3-1-2-4-22(21)31)29-12-10-28(11-13-29)20-15-30(16-20)25(33)23-26-9-14-34-23/h1-9,14,17,20H,10-13,15-16H2. The number of carbonyl (C=O) groups excluding carboxylic acids is 2. The number of carbonyl (C=O) groups is 2. The SMILES string of the molecule is O=C(c1ccc(-n2cnc3ccccc32)cc1)N1CCN(C2CN(C(=O)c3nccs3)C2)CC1. The lowest BCUT2D eigenvalue weighted by molar-refractivity contribution is 0.00852. The van der Waals surface area contributed by atoms with E-state index in [1.54, 1.807) is 6.20 Å².